The summed E-state index contributed by atoms with van der Waals surface area (Å²) in [6.07, 6.45) is 6.93. The fraction of sp³-hybridized carbons (Fsp3) is 0.259. The van der Waals surface area contributed by atoms with Crippen LogP contribution in [0.15, 0.2) is 73.1 Å². The van der Waals surface area contributed by atoms with E-state index < -0.39 is 11.8 Å². The van der Waals surface area contributed by atoms with Crippen LogP contribution in [0.1, 0.15) is 63.8 Å². The molecule has 0 fully saturated rings. The maximum atomic E-state index is 12.2. The van der Waals surface area contributed by atoms with Gasteiger partial charge in [-0.05, 0) is 72.1 Å². The number of hydrogen-bond acceptors (Lipinski definition) is 4. The second kappa shape index (κ2) is 10.6. The van der Waals surface area contributed by atoms with Gasteiger partial charge in [-0.15, -0.1) is 0 Å². The van der Waals surface area contributed by atoms with Crippen molar-refractivity contribution in [2.24, 2.45) is 5.73 Å². The molecule has 1 heterocycles. The van der Waals surface area contributed by atoms with Gasteiger partial charge in [-0.3, -0.25) is 9.78 Å². The van der Waals surface area contributed by atoms with Gasteiger partial charge in [-0.2, -0.15) is 0 Å². The highest BCUT2D eigenvalue weighted by atomic mass is 32.1. The highest BCUT2D eigenvalue weighted by Gasteiger charge is 2.29. The Hall–Kier alpha value is -3.58. The van der Waals surface area contributed by atoms with Crippen molar-refractivity contribution >= 4 is 29.1 Å². The second-order valence-corrected chi connectivity index (χ2v) is 8.93. The first kappa shape index (κ1) is 23.6. The fourth-order valence-electron chi connectivity index (χ4n) is 4.96. The Morgan fingerprint density at radius 3 is 2.53 bits per heavy atom. The van der Waals surface area contributed by atoms with Gasteiger partial charge in [0.15, 0.2) is 5.11 Å². The van der Waals surface area contributed by atoms with Crippen molar-refractivity contribution in [3.8, 4) is 0 Å². The number of Topliss-reactive ketones (excluding diaryl/α,β-unsaturated/α-hetero) is 1. The lowest BCUT2D eigenvalue weighted by Crippen LogP contribution is -2.40. The van der Waals surface area contributed by atoms with Crippen molar-refractivity contribution < 1.29 is 14.7 Å². The maximum absolute atomic E-state index is 12.2. The van der Waals surface area contributed by atoms with E-state index >= 15 is 0 Å². The summed E-state index contributed by atoms with van der Waals surface area (Å²) < 4.78 is 0. The van der Waals surface area contributed by atoms with Crippen LogP contribution in [-0.4, -0.2) is 38.4 Å². The molecule has 3 aromatic rings. The van der Waals surface area contributed by atoms with Crippen LogP contribution in [0.4, 0.5) is 0 Å². The van der Waals surface area contributed by atoms with Crippen molar-refractivity contribution in [3.05, 3.63) is 101 Å². The molecule has 0 radical (unpaired) electrons. The summed E-state index contributed by atoms with van der Waals surface area (Å²) in [5, 5.41) is 9.54. The molecule has 0 saturated heterocycles. The van der Waals surface area contributed by atoms with E-state index in [1.165, 1.54) is 0 Å². The molecule has 1 aliphatic rings. The second-order valence-electron chi connectivity index (χ2n) is 8.52. The lowest BCUT2D eigenvalue weighted by molar-refractivity contribution is -0.131. The smallest absolute Gasteiger partial charge is 0.377 e. The lowest BCUT2D eigenvalue weighted by atomic mass is 9.78. The molecule has 0 saturated carbocycles. The van der Waals surface area contributed by atoms with Crippen LogP contribution in [0.3, 0.4) is 0 Å². The Morgan fingerprint density at radius 2 is 1.85 bits per heavy atom. The number of ketones is 1. The van der Waals surface area contributed by atoms with Crippen LogP contribution >= 0.6 is 12.2 Å². The number of carboxylic acids is 1. The Kier molecular flexibility index (Phi) is 7.33. The molecule has 4 rings (SSSR count). The van der Waals surface area contributed by atoms with E-state index in [-0.39, 0.29) is 12.0 Å². The molecular weight excluding hydrogens is 446 g/mol. The van der Waals surface area contributed by atoms with Gasteiger partial charge >= 0.3 is 5.97 Å². The topological polar surface area (TPSA) is 96.5 Å². The predicted octanol–water partition coefficient (Wildman–Crippen LogP) is 4.49. The van der Waals surface area contributed by atoms with E-state index in [2.05, 4.69) is 17.1 Å². The number of carbonyl (C=O) groups is 2. The normalized spacial score (nSPS) is 15.7. The van der Waals surface area contributed by atoms with E-state index in [9.17, 15) is 14.7 Å². The number of nitrogens with zero attached hydrogens (tertiary/aromatic N) is 2. The first-order chi connectivity index (χ1) is 16.5. The summed E-state index contributed by atoms with van der Waals surface area (Å²) in [6, 6.07) is 19.2. The molecule has 1 aliphatic carbocycles. The minimum absolute atomic E-state index is 0.171. The van der Waals surface area contributed by atoms with Crippen molar-refractivity contribution in [3.63, 3.8) is 0 Å². The van der Waals surface area contributed by atoms with Crippen molar-refractivity contribution in [1.29, 1.82) is 0 Å². The Labute approximate surface area is 204 Å². The first-order valence-electron chi connectivity index (χ1n) is 11.4. The third kappa shape index (κ3) is 4.99. The minimum Gasteiger partial charge on any atom is -0.475 e. The van der Waals surface area contributed by atoms with Gasteiger partial charge < -0.3 is 15.7 Å². The number of benzene rings is 2. The molecule has 7 heteroatoms. The zero-order chi connectivity index (χ0) is 24.1. The predicted molar refractivity (Wildman–Crippen MR) is 135 cm³/mol. The van der Waals surface area contributed by atoms with Gasteiger partial charge in [0, 0.05) is 24.5 Å². The Bertz CT molecular complexity index is 1140. The maximum Gasteiger partial charge on any atom is 0.377 e. The highest BCUT2D eigenvalue weighted by molar-refractivity contribution is 7.80. The molecule has 174 valence electrons. The fourth-order valence-corrected chi connectivity index (χ4v) is 5.16. The molecule has 0 spiro atoms. The zero-order valence-electron chi connectivity index (χ0n) is 18.8. The van der Waals surface area contributed by atoms with Crippen LogP contribution in [0.2, 0.25) is 0 Å². The molecule has 2 aromatic carbocycles. The Morgan fingerprint density at radius 1 is 1.09 bits per heavy atom. The van der Waals surface area contributed by atoms with Crippen molar-refractivity contribution in [2.75, 3.05) is 6.54 Å². The van der Waals surface area contributed by atoms with Crippen LogP contribution in [0, 0.1) is 0 Å². The van der Waals surface area contributed by atoms with E-state index in [0.717, 1.165) is 41.5 Å². The first-order valence-corrected chi connectivity index (χ1v) is 11.8. The number of carboxylic acid groups (broad SMARTS) is 1. The van der Waals surface area contributed by atoms with Crippen LogP contribution < -0.4 is 5.73 Å². The van der Waals surface area contributed by atoms with E-state index in [1.807, 2.05) is 47.5 Å². The molecule has 2 unspecified atom stereocenters. The number of pyridine rings is 1. The molecule has 3 N–H and O–H groups in total. The molecule has 0 amide bonds. The van der Waals surface area contributed by atoms with E-state index in [0.29, 0.717) is 23.6 Å². The number of aliphatic carboxylic acids is 1. The quantitative estimate of drug-likeness (QED) is 0.283. The van der Waals surface area contributed by atoms with Crippen LogP contribution in [0.25, 0.3) is 0 Å². The molecule has 34 heavy (non-hydrogen) atoms. The largest absolute Gasteiger partial charge is 0.475 e. The SMILES string of the molecule is NC(=S)N(CCC1CCCc2c(C(=O)C(=O)O)cccc21)C(c1ccccc1)c1cccnc1. The number of carbonyl (C=O) groups excluding carboxylic acids is 1. The molecule has 2 atom stereocenters. The average molecular weight is 474 g/mol. The summed E-state index contributed by atoms with van der Waals surface area (Å²) in [5.74, 6) is -2.08. The summed E-state index contributed by atoms with van der Waals surface area (Å²) in [4.78, 5) is 29.9. The molecule has 1 aromatic heterocycles. The van der Waals surface area contributed by atoms with Gasteiger partial charge in [0.2, 0.25) is 0 Å². The third-order valence-corrected chi connectivity index (χ3v) is 6.73. The number of rotatable bonds is 8. The zero-order valence-corrected chi connectivity index (χ0v) is 19.6. The van der Waals surface area contributed by atoms with Gasteiger partial charge in [0.1, 0.15) is 0 Å². The summed E-state index contributed by atoms with van der Waals surface area (Å²) >= 11 is 5.49. The van der Waals surface area contributed by atoms with Gasteiger partial charge in [0.25, 0.3) is 5.78 Å². The molecule has 0 aliphatic heterocycles. The highest BCUT2D eigenvalue weighted by Crippen LogP contribution is 2.37. The van der Waals surface area contributed by atoms with Crippen molar-refractivity contribution in [1.82, 2.24) is 9.88 Å². The van der Waals surface area contributed by atoms with Crippen molar-refractivity contribution in [2.45, 2.75) is 37.6 Å². The number of hydrogen-bond donors (Lipinski definition) is 2. The van der Waals surface area contributed by atoms with Gasteiger partial charge in [-0.25, -0.2) is 4.79 Å². The standard InChI is InChI=1S/C27H27N3O3S/c28-27(34)30(24(19-7-2-1-3-8-19)20-10-6-15-29-17-20)16-14-18-9-4-12-22-21(18)11-5-13-23(22)25(31)26(32)33/h1-3,5-8,10-11,13,15,17-18,24H,4,9,12,14,16H2,(H2,28,34)(H,32,33). The number of thiocarbonyl (C=S) groups is 1. The monoisotopic (exact) mass is 473 g/mol. The molecule has 0 bridgehead atoms. The van der Waals surface area contributed by atoms with Crippen LogP contribution in [0.5, 0.6) is 0 Å². The van der Waals surface area contributed by atoms with E-state index in [1.54, 1.807) is 18.3 Å². The lowest BCUT2D eigenvalue weighted by Gasteiger charge is -2.35. The number of fused-ring (bicyclic) bond motifs is 1. The number of aromatic nitrogens is 1. The van der Waals surface area contributed by atoms with Gasteiger partial charge in [-0.1, -0.05) is 54.6 Å². The Balaban J connectivity index is 1.63. The summed E-state index contributed by atoms with van der Waals surface area (Å²) in [7, 11) is 0. The molecule has 6 nitrogen and oxygen atoms in total. The summed E-state index contributed by atoms with van der Waals surface area (Å²) in [5.41, 5.74) is 10.5. The summed E-state index contributed by atoms with van der Waals surface area (Å²) in [6.45, 7) is 0.616. The molecular formula is C27H27N3O3S. The minimum atomic E-state index is -1.42. The third-order valence-electron chi connectivity index (χ3n) is 6.50. The number of nitrogens with two attached hydrogens (primary N) is 1. The van der Waals surface area contributed by atoms with E-state index in [4.69, 9.17) is 18.0 Å². The van der Waals surface area contributed by atoms with Gasteiger partial charge in [0.05, 0.1) is 6.04 Å². The average Bonchev–Trinajstić information content (AvgIpc) is 2.86. The van der Waals surface area contributed by atoms with Crippen LogP contribution in [-0.2, 0) is 11.2 Å².